The monoisotopic (exact) mass is 224 g/mol. The number of halogens is 1. The summed E-state index contributed by atoms with van der Waals surface area (Å²) in [5.74, 6) is 0. The molecule has 3 heteroatoms. The first-order valence-electron chi connectivity index (χ1n) is 5.36. The molecule has 82 valence electrons. The van der Waals surface area contributed by atoms with Gasteiger partial charge in [-0.3, -0.25) is 0 Å². The SMILES string of the molecule is Cc1cc(Cl)c2c(c1)N(C)CCC(C)N2. The number of benzene rings is 1. The fourth-order valence-electron chi connectivity index (χ4n) is 1.99. The highest BCUT2D eigenvalue weighted by Crippen LogP contribution is 2.36. The van der Waals surface area contributed by atoms with E-state index in [0.29, 0.717) is 6.04 Å². The summed E-state index contributed by atoms with van der Waals surface area (Å²) in [6.07, 6.45) is 1.14. The van der Waals surface area contributed by atoms with E-state index in [9.17, 15) is 0 Å². The Balaban J connectivity index is 2.52. The zero-order chi connectivity index (χ0) is 11.0. The molecule has 1 aliphatic heterocycles. The van der Waals surface area contributed by atoms with Gasteiger partial charge in [0, 0.05) is 19.6 Å². The van der Waals surface area contributed by atoms with Crippen LogP contribution in [-0.4, -0.2) is 19.6 Å². The van der Waals surface area contributed by atoms with Crippen LogP contribution in [-0.2, 0) is 0 Å². The number of anilines is 2. The third-order valence-corrected chi connectivity index (χ3v) is 3.21. The van der Waals surface area contributed by atoms with E-state index in [0.717, 1.165) is 23.7 Å². The Morgan fingerprint density at radius 1 is 1.47 bits per heavy atom. The molecule has 2 rings (SSSR count). The largest absolute Gasteiger partial charge is 0.380 e. The van der Waals surface area contributed by atoms with Crippen molar-refractivity contribution in [3.05, 3.63) is 22.7 Å². The molecule has 1 aromatic rings. The van der Waals surface area contributed by atoms with Crippen LogP contribution >= 0.6 is 11.6 Å². The summed E-state index contributed by atoms with van der Waals surface area (Å²) in [4.78, 5) is 2.27. The summed E-state index contributed by atoms with van der Waals surface area (Å²) in [5.41, 5.74) is 3.50. The molecule has 1 aromatic carbocycles. The van der Waals surface area contributed by atoms with Crippen LogP contribution in [0.2, 0.25) is 5.02 Å². The minimum Gasteiger partial charge on any atom is -0.380 e. The van der Waals surface area contributed by atoms with Crippen LogP contribution in [0.15, 0.2) is 12.1 Å². The van der Waals surface area contributed by atoms with Crippen LogP contribution in [0.25, 0.3) is 0 Å². The van der Waals surface area contributed by atoms with Gasteiger partial charge in [0.2, 0.25) is 0 Å². The number of fused-ring (bicyclic) bond motifs is 1. The molecule has 0 bridgehead atoms. The number of nitrogens with zero attached hydrogens (tertiary/aromatic N) is 1. The first-order chi connectivity index (χ1) is 7.08. The van der Waals surface area contributed by atoms with E-state index < -0.39 is 0 Å². The van der Waals surface area contributed by atoms with Crippen molar-refractivity contribution in [3.63, 3.8) is 0 Å². The molecule has 1 atom stereocenters. The van der Waals surface area contributed by atoms with E-state index in [-0.39, 0.29) is 0 Å². The topological polar surface area (TPSA) is 15.3 Å². The van der Waals surface area contributed by atoms with Crippen molar-refractivity contribution in [2.75, 3.05) is 23.8 Å². The van der Waals surface area contributed by atoms with E-state index in [4.69, 9.17) is 11.6 Å². The second-order valence-corrected chi connectivity index (χ2v) is 4.80. The van der Waals surface area contributed by atoms with Crippen LogP contribution in [0.4, 0.5) is 11.4 Å². The lowest BCUT2D eigenvalue weighted by molar-refractivity contribution is 0.711. The Hall–Kier alpha value is -0.890. The Labute approximate surface area is 96.2 Å². The minimum absolute atomic E-state index is 0.480. The zero-order valence-corrected chi connectivity index (χ0v) is 10.2. The molecule has 0 aliphatic carbocycles. The van der Waals surface area contributed by atoms with Gasteiger partial charge in [0.25, 0.3) is 0 Å². The normalized spacial score (nSPS) is 20.5. The Bertz CT molecular complexity index is 376. The summed E-state index contributed by atoms with van der Waals surface area (Å²) in [6, 6.07) is 4.68. The molecule has 0 radical (unpaired) electrons. The van der Waals surface area contributed by atoms with Gasteiger partial charge in [-0.2, -0.15) is 0 Å². The van der Waals surface area contributed by atoms with Crippen molar-refractivity contribution in [1.29, 1.82) is 0 Å². The van der Waals surface area contributed by atoms with E-state index in [1.54, 1.807) is 0 Å². The standard InChI is InChI=1S/C12H17ClN2/c1-8-6-10(13)12-11(7-8)15(3)5-4-9(2)14-12/h6-7,9,14H,4-5H2,1-3H3. The van der Waals surface area contributed by atoms with Crippen molar-refractivity contribution in [2.45, 2.75) is 26.3 Å². The second kappa shape index (κ2) is 3.93. The maximum Gasteiger partial charge on any atom is 0.0769 e. The molecular weight excluding hydrogens is 208 g/mol. The Morgan fingerprint density at radius 2 is 2.20 bits per heavy atom. The lowest BCUT2D eigenvalue weighted by Crippen LogP contribution is -2.19. The Morgan fingerprint density at radius 3 is 2.93 bits per heavy atom. The van der Waals surface area contributed by atoms with Crippen molar-refractivity contribution in [1.82, 2.24) is 0 Å². The fraction of sp³-hybridized carbons (Fsp3) is 0.500. The van der Waals surface area contributed by atoms with Crippen molar-refractivity contribution in [2.24, 2.45) is 0 Å². The highest BCUT2D eigenvalue weighted by molar-refractivity contribution is 6.34. The maximum atomic E-state index is 6.26. The van der Waals surface area contributed by atoms with Gasteiger partial charge >= 0.3 is 0 Å². The third kappa shape index (κ3) is 2.05. The molecule has 1 unspecified atom stereocenters. The molecule has 0 saturated heterocycles. The van der Waals surface area contributed by atoms with Crippen molar-refractivity contribution < 1.29 is 0 Å². The smallest absolute Gasteiger partial charge is 0.0769 e. The van der Waals surface area contributed by atoms with Crippen molar-refractivity contribution in [3.8, 4) is 0 Å². The molecule has 1 aliphatic rings. The first-order valence-corrected chi connectivity index (χ1v) is 5.73. The first kappa shape index (κ1) is 10.6. The van der Waals surface area contributed by atoms with E-state index in [2.05, 4.69) is 37.2 Å². The quantitative estimate of drug-likeness (QED) is 0.728. The average Bonchev–Trinajstić information content (AvgIpc) is 2.30. The minimum atomic E-state index is 0.480. The van der Waals surface area contributed by atoms with E-state index in [1.807, 2.05) is 6.07 Å². The van der Waals surface area contributed by atoms with Gasteiger partial charge in [0.1, 0.15) is 0 Å². The molecule has 0 amide bonds. The fourth-order valence-corrected chi connectivity index (χ4v) is 2.32. The number of nitrogens with one attached hydrogen (secondary N) is 1. The molecular formula is C12H17ClN2. The van der Waals surface area contributed by atoms with Crippen LogP contribution in [0.3, 0.4) is 0 Å². The van der Waals surface area contributed by atoms with E-state index >= 15 is 0 Å². The number of rotatable bonds is 0. The second-order valence-electron chi connectivity index (χ2n) is 4.40. The van der Waals surface area contributed by atoms with Crippen LogP contribution < -0.4 is 10.2 Å². The lowest BCUT2D eigenvalue weighted by Gasteiger charge is -2.20. The number of aryl methyl sites for hydroxylation is 1. The van der Waals surface area contributed by atoms with Gasteiger partial charge in [0.05, 0.1) is 16.4 Å². The highest BCUT2D eigenvalue weighted by atomic mass is 35.5. The molecule has 0 spiro atoms. The van der Waals surface area contributed by atoms with Gasteiger partial charge < -0.3 is 10.2 Å². The summed E-state index contributed by atoms with van der Waals surface area (Å²) in [7, 11) is 2.12. The van der Waals surface area contributed by atoms with Gasteiger partial charge in [-0.05, 0) is 38.0 Å². The molecule has 0 aromatic heterocycles. The highest BCUT2D eigenvalue weighted by Gasteiger charge is 2.18. The molecule has 0 saturated carbocycles. The predicted octanol–water partition coefficient (Wildman–Crippen LogP) is 3.29. The van der Waals surface area contributed by atoms with E-state index in [1.165, 1.54) is 11.3 Å². The average molecular weight is 225 g/mol. The molecule has 1 heterocycles. The maximum absolute atomic E-state index is 6.26. The predicted molar refractivity (Wildman–Crippen MR) is 67.2 cm³/mol. The van der Waals surface area contributed by atoms with Gasteiger partial charge in [-0.15, -0.1) is 0 Å². The summed E-state index contributed by atoms with van der Waals surface area (Å²) in [5, 5.41) is 4.30. The van der Waals surface area contributed by atoms with Crippen LogP contribution in [0.1, 0.15) is 18.9 Å². The zero-order valence-electron chi connectivity index (χ0n) is 9.47. The Kier molecular flexibility index (Phi) is 2.79. The van der Waals surface area contributed by atoms with Crippen LogP contribution in [0, 0.1) is 6.92 Å². The summed E-state index contributed by atoms with van der Waals surface area (Å²) in [6.45, 7) is 5.34. The molecule has 1 N–H and O–H groups in total. The van der Waals surface area contributed by atoms with Crippen LogP contribution in [0.5, 0.6) is 0 Å². The lowest BCUT2D eigenvalue weighted by atomic mass is 10.1. The molecule has 0 fully saturated rings. The molecule has 2 nitrogen and oxygen atoms in total. The van der Waals surface area contributed by atoms with Gasteiger partial charge in [0.15, 0.2) is 0 Å². The number of hydrogen-bond acceptors (Lipinski definition) is 2. The third-order valence-electron chi connectivity index (χ3n) is 2.91. The van der Waals surface area contributed by atoms with Gasteiger partial charge in [-0.25, -0.2) is 0 Å². The van der Waals surface area contributed by atoms with Crippen molar-refractivity contribution >= 4 is 23.0 Å². The summed E-state index contributed by atoms with van der Waals surface area (Å²) < 4.78 is 0. The molecule has 15 heavy (non-hydrogen) atoms. The van der Waals surface area contributed by atoms with Gasteiger partial charge in [-0.1, -0.05) is 11.6 Å². The summed E-state index contributed by atoms with van der Waals surface area (Å²) >= 11 is 6.26. The number of hydrogen-bond donors (Lipinski definition) is 1.